The van der Waals surface area contributed by atoms with Crippen LogP contribution in [0.5, 0.6) is 0 Å². The molecular weight excluding hydrogens is 262 g/mol. The zero-order chi connectivity index (χ0) is 14.1. The van der Waals surface area contributed by atoms with Crippen molar-refractivity contribution in [3.8, 4) is 11.4 Å². The quantitative estimate of drug-likeness (QED) is 0.664. The number of benzene rings is 1. The molecule has 0 radical (unpaired) electrons. The summed E-state index contributed by atoms with van der Waals surface area (Å²) < 4.78 is 25.1. The van der Waals surface area contributed by atoms with Gasteiger partial charge < -0.3 is 5.43 Å². The summed E-state index contributed by atoms with van der Waals surface area (Å²) in [5, 5.41) is 0. The van der Waals surface area contributed by atoms with E-state index in [1.807, 2.05) is 6.07 Å². The van der Waals surface area contributed by atoms with Crippen molar-refractivity contribution in [3.05, 3.63) is 41.6 Å². The predicted octanol–water partition coefficient (Wildman–Crippen LogP) is 3.24. The van der Waals surface area contributed by atoms with Gasteiger partial charge >= 0.3 is 0 Å². The fourth-order valence-electron chi connectivity index (χ4n) is 2.03. The Labute approximate surface area is 115 Å². The molecule has 20 heavy (non-hydrogen) atoms. The number of nitrogen functional groups attached to an aromatic ring is 1. The van der Waals surface area contributed by atoms with E-state index >= 15 is 0 Å². The Hall–Kier alpha value is -2.08. The molecule has 1 heterocycles. The predicted molar refractivity (Wildman–Crippen MR) is 72.2 cm³/mol. The van der Waals surface area contributed by atoms with Crippen LogP contribution in [0.1, 0.15) is 36.4 Å². The van der Waals surface area contributed by atoms with Crippen molar-refractivity contribution in [2.45, 2.75) is 25.2 Å². The second-order valence-corrected chi connectivity index (χ2v) is 4.84. The van der Waals surface area contributed by atoms with E-state index in [0.29, 0.717) is 23.1 Å². The second-order valence-electron chi connectivity index (χ2n) is 4.84. The number of nitrogens with two attached hydrogens (primary N) is 1. The Morgan fingerprint density at radius 3 is 2.40 bits per heavy atom. The van der Waals surface area contributed by atoms with Crippen LogP contribution >= 0.6 is 0 Å². The van der Waals surface area contributed by atoms with Crippen molar-refractivity contribution in [1.82, 2.24) is 9.97 Å². The number of nitrogens with one attached hydrogen (secondary N) is 1. The van der Waals surface area contributed by atoms with Crippen molar-refractivity contribution in [2.24, 2.45) is 5.84 Å². The fourth-order valence-corrected chi connectivity index (χ4v) is 2.03. The number of hydrogen-bond donors (Lipinski definition) is 2. The molecule has 6 heteroatoms. The molecule has 0 spiro atoms. The monoisotopic (exact) mass is 276 g/mol. The van der Waals surface area contributed by atoms with Crippen LogP contribution < -0.4 is 11.3 Å². The average Bonchev–Trinajstić information content (AvgIpc) is 3.31. The van der Waals surface area contributed by atoms with Gasteiger partial charge in [0.05, 0.1) is 0 Å². The molecule has 104 valence electrons. The van der Waals surface area contributed by atoms with Crippen molar-refractivity contribution in [2.75, 3.05) is 5.43 Å². The molecule has 0 unspecified atom stereocenters. The van der Waals surface area contributed by atoms with Crippen molar-refractivity contribution >= 4 is 5.82 Å². The topological polar surface area (TPSA) is 63.8 Å². The van der Waals surface area contributed by atoms with Gasteiger partial charge in [0.1, 0.15) is 5.82 Å². The Morgan fingerprint density at radius 1 is 1.15 bits per heavy atom. The maximum Gasteiger partial charge on any atom is 0.263 e. The third-order valence-corrected chi connectivity index (χ3v) is 3.31. The van der Waals surface area contributed by atoms with Crippen molar-refractivity contribution < 1.29 is 8.78 Å². The Balaban J connectivity index is 1.97. The molecule has 3 rings (SSSR count). The van der Waals surface area contributed by atoms with Crippen molar-refractivity contribution in [1.29, 1.82) is 0 Å². The summed E-state index contributed by atoms with van der Waals surface area (Å²) in [5.41, 5.74) is 4.16. The van der Waals surface area contributed by atoms with Crippen LogP contribution in [-0.4, -0.2) is 9.97 Å². The number of rotatable bonds is 4. The summed E-state index contributed by atoms with van der Waals surface area (Å²) in [6.07, 6.45) is -0.237. The van der Waals surface area contributed by atoms with Gasteiger partial charge in [0.15, 0.2) is 5.82 Å². The van der Waals surface area contributed by atoms with Crippen LogP contribution in [0.25, 0.3) is 11.4 Å². The number of alkyl halides is 2. The summed E-state index contributed by atoms with van der Waals surface area (Å²) in [6, 6.07) is 7.82. The lowest BCUT2D eigenvalue weighted by molar-refractivity contribution is 0.151. The smallest absolute Gasteiger partial charge is 0.263 e. The maximum absolute atomic E-state index is 12.5. The SMILES string of the molecule is NNc1cc(C2CC2)nc(-c2ccc(C(F)F)cc2)n1. The highest BCUT2D eigenvalue weighted by atomic mass is 19.3. The van der Waals surface area contributed by atoms with Crippen molar-refractivity contribution in [3.63, 3.8) is 0 Å². The zero-order valence-electron chi connectivity index (χ0n) is 10.7. The lowest BCUT2D eigenvalue weighted by atomic mass is 10.1. The van der Waals surface area contributed by atoms with Crippen LogP contribution in [0.3, 0.4) is 0 Å². The molecule has 0 saturated heterocycles. The molecule has 1 aromatic carbocycles. The second kappa shape index (κ2) is 5.13. The highest BCUT2D eigenvalue weighted by molar-refractivity contribution is 5.58. The molecule has 0 aliphatic heterocycles. The van der Waals surface area contributed by atoms with Gasteiger partial charge in [-0.15, -0.1) is 0 Å². The van der Waals surface area contributed by atoms with E-state index in [4.69, 9.17) is 5.84 Å². The Kier molecular flexibility index (Phi) is 3.31. The molecular formula is C14H14F2N4. The van der Waals surface area contributed by atoms with E-state index < -0.39 is 6.43 Å². The molecule has 0 amide bonds. The summed E-state index contributed by atoms with van der Waals surface area (Å²) in [7, 11) is 0. The van der Waals surface area contributed by atoms with E-state index in [-0.39, 0.29) is 5.56 Å². The van der Waals surface area contributed by atoms with Gasteiger partial charge in [0.2, 0.25) is 0 Å². The molecule has 0 bridgehead atoms. The molecule has 1 aliphatic carbocycles. The lowest BCUT2D eigenvalue weighted by Gasteiger charge is -2.08. The number of hydrazine groups is 1. The van der Waals surface area contributed by atoms with E-state index in [9.17, 15) is 8.78 Å². The summed E-state index contributed by atoms with van der Waals surface area (Å²) >= 11 is 0. The standard InChI is InChI=1S/C14H14F2N4/c15-13(16)9-3-5-10(6-4-9)14-18-11(8-1-2-8)7-12(19-14)20-17/h3-8,13H,1-2,17H2,(H,18,19,20). The highest BCUT2D eigenvalue weighted by Gasteiger charge is 2.26. The normalized spacial score (nSPS) is 14.6. The molecule has 2 aromatic rings. The highest BCUT2D eigenvalue weighted by Crippen LogP contribution is 2.40. The van der Waals surface area contributed by atoms with Gasteiger partial charge in [0.25, 0.3) is 6.43 Å². The Morgan fingerprint density at radius 2 is 1.85 bits per heavy atom. The maximum atomic E-state index is 12.5. The van der Waals surface area contributed by atoms with Crippen LogP contribution in [0.2, 0.25) is 0 Å². The largest absolute Gasteiger partial charge is 0.308 e. The molecule has 4 nitrogen and oxygen atoms in total. The van der Waals surface area contributed by atoms with E-state index in [2.05, 4.69) is 15.4 Å². The zero-order valence-corrected chi connectivity index (χ0v) is 10.7. The number of nitrogens with zero attached hydrogens (tertiary/aromatic N) is 2. The summed E-state index contributed by atoms with van der Waals surface area (Å²) in [6.45, 7) is 0. The van der Waals surface area contributed by atoms with E-state index in [0.717, 1.165) is 18.5 Å². The molecule has 1 aromatic heterocycles. The van der Waals surface area contributed by atoms with E-state index in [1.165, 1.54) is 12.1 Å². The van der Waals surface area contributed by atoms with Gasteiger partial charge in [-0.3, -0.25) is 0 Å². The fraction of sp³-hybridized carbons (Fsp3) is 0.286. The first-order chi connectivity index (χ1) is 9.67. The van der Waals surface area contributed by atoms with Crippen LogP contribution in [0, 0.1) is 0 Å². The average molecular weight is 276 g/mol. The van der Waals surface area contributed by atoms with Crippen LogP contribution in [-0.2, 0) is 0 Å². The number of anilines is 1. The molecule has 1 aliphatic rings. The first-order valence-corrected chi connectivity index (χ1v) is 6.41. The van der Waals surface area contributed by atoms with Gasteiger partial charge in [0, 0.05) is 28.8 Å². The first kappa shape index (κ1) is 12.9. The minimum absolute atomic E-state index is 0.00993. The summed E-state index contributed by atoms with van der Waals surface area (Å²) in [4.78, 5) is 8.77. The van der Waals surface area contributed by atoms with Gasteiger partial charge in [-0.2, -0.15) is 0 Å². The van der Waals surface area contributed by atoms with Gasteiger partial charge in [-0.1, -0.05) is 24.3 Å². The Bertz CT molecular complexity index is 609. The minimum atomic E-state index is -2.47. The third-order valence-electron chi connectivity index (χ3n) is 3.31. The lowest BCUT2D eigenvalue weighted by Crippen LogP contribution is -2.10. The number of aromatic nitrogens is 2. The minimum Gasteiger partial charge on any atom is -0.308 e. The molecule has 0 atom stereocenters. The van der Waals surface area contributed by atoms with Gasteiger partial charge in [-0.05, 0) is 12.8 Å². The van der Waals surface area contributed by atoms with Crippen LogP contribution in [0.15, 0.2) is 30.3 Å². The molecule has 1 saturated carbocycles. The van der Waals surface area contributed by atoms with E-state index in [1.54, 1.807) is 12.1 Å². The molecule has 1 fully saturated rings. The molecule has 3 N–H and O–H groups in total. The number of hydrogen-bond acceptors (Lipinski definition) is 4. The third kappa shape index (κ3) is 2.60. The first-order valence-electron chi connectivity index (χ1n) is 6.41. The number of halogens is 2. The summed E-state index contributed by atoms with van der Waals surface area (Å²) in [5.74, 6) is 6.91. The van der Waals surface area contributed by atoms with Gasteiger partial charge in [-0.25, -0.2) is 24.6 Å². The van der Waals surface area contributed by atoms with Crippen LogP contribution in [0.4, 0.5) is 14.6 Å².